The SMILES string of the molecule is CCC(O)CCNC(=O)Cc1ccc(-n2cccn2)cc1. The molecule has 0 aliphatic heterocycles. The Labute approximate surface area is 124 Å². The molecule has 1 aromatic heterocycles. The van der Waals surface area contributed by atoms with Crippen LogP contribution in [0.1, 0.15) is 25.3 Å². The first kappa shape index (κ1) is 15.3. The first-order valence-corrected chi connectivity index (χ1v) is 7.22. The fraction of sp³-hybridized carbons (Fsp3) is 0.375. The van der Waals surface area contributed by atoms with Gasteiger partial charge in [-0.1, -0.05) is 19.1 Å². The zero-order valence-electron chi connectivity index (χ0n) is 12.2. The maximum Gasteiger partial charge on any atom is 0.224 e. The van der Waals surface area contributed by atoms with Crippen LogP contribution < -0.4 is 5.32 Å². The van der Waals surface area contributed by atoms with E-state index in [0.29, 0.717) is 25.8 Å². The molecule has 0 radical (unpaired) electrons. The van der Waals surface area contributed by atoms with Crippen LogP contribution >= 0.6 is 0 Å². The quantitative estimate of drug-likeness (QED) is 0.814. The number of aliphatic hydroxyl groups excluding tert-OH is 1. The van der Waals surface area contributed by atoms with Crippen LogP contribution in [-0.2, 0) is 11.2 Å². The Morgan fingerprint density at radius 2 is 2.14 bits per heavy atom. The van der Waals surface area contributed by atoms with Crippen LogP contribution in [0.5, 0.6) is 0 Å². The number of nitrogens with zero attached hydrogens (tertiary/aromatic N) is 2. The summed E-state index contributed by atoms with van der Waals surface area (Å²) in [4.78, 5) is 11.8. The number of hydrogen-bond acceptors (Lipinski definition) is 3. The Morgan fingerprint density at radius 1 is 1.38 bits per heavy atom. The lowest BCUT2D eigenvalue weighted by molar-refractivity contribution is -0.120. The molecule has 0 bridgehead atoms. The van der Waals surface area contributed by atoms with Gasteiger partial charge in [-0.25, -0.2) is 4.68 Å². The smallest absolute Gasteiger partial charge is 0.224 e. The minimum Gasteiger partial charge on any atom is -0.393 e. The Balaban J connectivity index is 1.81. The van der Waals surface area contributed by atoms with Crippen molar-refractivity contribution in [2.75, 3.05) is 6.54 Å². The van der Waals surface area contributed by atoms with E-state index in [-0.39, 0.29) is 12.0 Å². The lowest BCUT2D eigenvalue weighted by atomic mass is 10.1. The molecule has 5 nitrogen and oxygen atoms in total. The highest BCUT2D eigenvalue weighted by molar-refractivity contribution is 5.78. The van der Waals surface area contributed by atoms with Gasteiger partial charge < -0.3 is 10.4 Å². The van der Waals surface area contributed by atoms with Crippen LogP contribution in [-0.4, -0.2) is 33.4 Å². The van der Waals surface area contributed by atoms with Gasteiger partial charge in [-0.3, -0.25) is 4.79 Å². The first-order valence-electron chi connectivity index (χ1n) is 7.22. The molecule has 1 unspecified atom stereocenters. The van der Waals surface area contributed by atoms with E-state index in [9.17, 15) is 9.90 Å². The molecular weight excluding hydrogens is 266 g/mol. The first-order chi connectivity index (χ1) is 10.2. The molecular formula is C16H21N3O2. The maximum atomic E-state index is 11.8. The summed E-state index contributed by atoms with van der Waals surface area (Å²) in [6.07, 6.45) is 4.93. The second-order valence-electron chi connectivity index (χ2n) is 4.99. The molecule has 1 atom stereocenters. The van der Waals surface area contributed by atoms with Gasteiger partial charge in [0.15, 0.2) is 0 Å². The third-order valence-electron chi connectivity index (χ3n) is 3.34. The van der Waals surface area contributed by atoms with E-state index in [4.69, 9.17) is 0 Å². The van der Waals surface area contributed by atoms with Gasteiger partial charge in [-0.15, -0.1) is 0 Å². The zero-order valence-corrected chi connectivity index (χ0v) is 12.2. The molecule has 0 fully saturated rings. The van der Waals surface area contributed by atoms with Gasteiger partial charge >= 0.3 is 0 Å². The van der Waals surface area contributed by atoms with Crippen molar-refractivity contribution in [3.05, 3.63) is 48.3 Å². The Hall–Kier alpha value is -2.14. The van der Waals surface area contributed by atoms with E-state index in [1.54, 1.807) is 10.9 Å². The Kier molecular flexibility index (Phi) is 5.51. The molecule has 0 saturated carbocycles. The summed E-state index contributed by atoms with van der Waals surface area (Å²) in [7, 11) is 0. The van der Waals surface area contributed by atoms with Crippen molar-refractivity contribution in [1.82, 2.24) is 15.1 Å². The molecule has 1 aromatic carbocycles. The average molecular weight is 287 g/mol. The monoisotopic (exact) mass is 287 g/mol. The topological polar surface area (TPSA) is 67.2 Å². The van der Waals surface area contributed by atoms with E-state index >= 15 is 0 Å². The Bertz CT molecular complexity index is 549. The minimum atomic E-state index is -0.335. The zero-order chi connectivity index (χ0) is 15.1. The Morgan fingerprint density at radius 3 is 2.76 bits per heavy atom. The molecule has 0 aliphatic rings. The highest BCUT2D eigenvalue weighted by Gasteiger charge is 2.05. The number of nitrogens with one attached hydrogen (secondary N) is 1. The summed E-state index contributed by atoms with van der Waals surface area (Å²) < 4.78 is 1.77. The number of hydrogen-bond donors (Lipinski definition) is 2. The maximum absolute atomic E-state index is 11.8. The molecule has 1 heterocycles. The van der Waals surface area contributed by atoms with Gasteiger partial charge in [0.05, 0.1) is 18.2 Å². The van der Waals surface area contributed by atoms with Gasteiger partial charge in [-0.05, 0) is 36.6 Å². The summed E-state index contributed by atoms with van der Waals surface area (Å²) in [6, 6.07) is 9.61. The van der Waals surface area contributed by atoms with Crippen molar-refractivity contribution in [2.45, 2.75) is 32.3 Å². The van der Waals surface area contributed by atoms with Gasteiger partial charge in [0, 0.05) is 18.9 Å². The highest BCUT2D eigenvalue weighted by Crippen LogP contribution is 2.09. The minimum absolute atomic E-state index is 0.0230. The highest BCUT2D eigenvalue weighted by atomic mass is 16.3. The van der Waals surface area contributed by atoms with E-state index < -0.39 is 0 Å². The molecule has 0 saturated heterocycles. The molecule has 21 heavy (non-hydrogen) atoms. The lowest BCUT2D eigenvalue weighted by Crippen LogP contribution is -2.28. The predicted molar refractivity (Wildman–Crippen MR) is 81.2 cm³/mol. The van der Waals surface area contributed by atoms with Crippen LogP contribution in [0.25, 0.3) is 5.69 Å². The fourth-order valence-corrected chi connectivity index (χ4v) is 2.02. The normalized spacial score (nSPS) is 12.1. The van der Waals surface area contributed by atoms with Crippen LogP contribution in [0.4, 0.5) is 0 Å². The third kappa shape index (κ3) is 4.72. The molecule has 1 amide bonds. The number of aromatic nitrogens is 2. The predicted octanol–water partition coefficient (Wildman–Crippen LogP) is 1.69. The number of aliphatic hydroxyl groups is 1. The van der Waals surface area contributed by atoms with E-state index in [1.165, 1.54) is 0 Å². The van der Waals surface area contributed by atoms with Crippen molar-refractivity contribution in [2.24, 2.45) is 0 Å². The third-order valence-corrected chi connectivity index (χ3v) is 3.34. The lowest BCUT2D eigenvalue weighted by Gasteiger charge is -2.09. The summed E-state index contributed by atoms with van der Waals surface area (Å²) in [6.45, 7) is 2.44. The van der Waals surface area contributed by atoms with Crippen molar-refractivity contribution >= 4 is 5.91 Å². The molecule has 0 aliphatic carbocycles. The fourth-order valence-electron chi connectivity index (χ4n) is 2.02. The van der Waals surface area contributed by atoms with Gasteiger partial charge in [0.25, 0.3) is 0 Å². The summed E-state index contributed by atoms with van der Waals surface area (Å²) in [5, 5.41) is 16.4. The summed E-state index contributed by atoms with van der Waals surface area (Å²) in [5.74, 6) is -0.0230. The average Bonchev–Trinajstić information content (AvgIpc) is 3.02. The summed E-state index contributed by atoms with van der Waals surface area (Å²) >= 11 is 0. The van der Waals surface area contributed by atoms with Gasteiger partial charge in [0.2, 0.25) is 5.91 Å². The number of benzene rings is 1. The van der Waals surface area contributed by atoms with E-state index in [1.807, 2.05) is 43.5 Å². The standard InChI is InChI=1S/C16H21N3O2/c1-2-15(20)8-10-17-16(21)12-13-4-6-14(7-5-13)19-11-3-9-18-19/h3-7,9,11,15,20H,2,8,10,12H2,1H3,(H,17,21). The number of carbonyl (C=O) groups excluding carboxylic acids is 1. The van der Waals surface area contributed by atoms with Crippen molar-refractivity contribution < 1.29 is 9.90 Å². The van der Waals surface area contributed by atoms with Crippen LogP contribution in [0, 0.1) is 0 Å². The number of carbonyl (C=O) groups is 1. The number of rotatable bonds is 7. The molecule has 2 rings (SSSR count). The van der Waals surface area contributed by atoms with E-state index in [2.05, 4.69) is 10.4 Å². The van der Waals surface area contributed by atoms with Crippen LogP contribution in [0.3, 0.4) is 0 Å². The molecule has 5 heteroatoms. The van der Waals surface area contributed by atoms with Crippen LogP contribution in [0.2, 0.25) is 0 Å². The second kappa shape index (κ2) is 7.59. The molecule has 0 spiro atoms. The van der Waals surface area contributed by atoms with Crippen LogP contribution in [0.15, 0.2) is 42.7 Å². The second-order valence-corrected chi connectivity index (χ2v) is 4.99. The van der Waals surface area contributed by atoms with Crippen molar-refractivity contribution in [3.63, 3.8) is 0 Å². The largest absolute Gasteiger partial charge is 0.393 e. The van der Waals surface area contributed by atoms with Crippen molar-refractivity contribution in [1.29, 1.82) is 0 Å². The van der Waals surface area contributed by atoms with Gasteiger partial charge in [0.1, 0.15) is 0 Å². The summed E-state index contributed by atoms with van der Waals surface area (Å²) in [5.41, 5.74) is 1.93. The molecule has 2 aromatic rings. The van der Waals surface area contributed by atoms with Crippen molar-refractivity contribution in [3.8, 4) is 5.69 Å². The molecule has 2 N–H and O–H groups in total. The number of amides is 1. The van der Waals surface area contributed by atoms with E-state index in [0.717, 1.165) is 11.3 Å². The molecule has 112 valence electrons. The van der Waals surface area contributed by atoms with Gasteiger partial charge in [-0.2, -0.15) is 5.10 Å².